The highest BCUT2D eigenvalue weighted by molar-refractivity contribution is 8.00. The van der Waals surface area contributed by atoms with Crippen LogP contribution in [0.3, 0.4) is 0 Å². The quantitative estimate of drug-likeness (QED) is 0.357. The average Bonchev–Trinajstić information content (AvgIpc) is 3.30. The van der Waals surface area contributed by atoms with Gasteiger partial charge in [-0.1, -0.05) is 54.1 Å². The molecule has 1 aromatic heterocycles. The zero-order valence-corrected chi connectivity index (χ0v) is 24.0. The number of nitrogens with one attached hydrogen (secondary N) is 1. The monoisotopic (exact) mass is 606 g/mol. The lowest BCUT2D eigenvalue weighted by molar-refractivity contribution is -0.140. The number of thiophene rings is 1. The molecular weight excluding hydrogens is 580 g/mol. The Morgan fingerprint density at radius 2 is 1.74 bits per heavy atom. The minimum atomic E-state index is -4.17. The number of aliphatic carboxylic acids is 1. The number of amides is 1. The number of ether oxygens (including phenoxy) is 1. The zero-order valence-electron chi connectivity index (χ0n) is 20.8. The Morgan fingerprint density at radius 1 is 1.05 bits per heavy atom. The lowest BCUT2D eigenvalue weighted by Gasteiger charge is -2.27. The van der Waals surface area contributed by atoms with E-state index in [0.717, 1.165) is 27.3 Å². The number of carboxylic acids is 1. The summed E-state index contributed by atoms with van der Waals surface area (Å²) in [5.74, 6) is -0.846. The van der Waals surface area contributed by atoms with Crippen LogP contribution < -0.4 is 4.72 Å². The number of rotatable bonds is 10. The maximum absolute atomic E-state index is 13.5. The van der Waals surface area contributed by atoms with Crippen LogP contribution in [0.2, 0.25) is 5.02 Å². The fourth-order valence-electron chi connectivity index (χ4n) is 4.96. The van der Waals surface area contributed by atoms with Gasteiger partial charge in [0.05, 0.1) is 19.0 Å². The second-order valence-corrected chi connectivity index (χ2v) is 14.0. The molecule has 2 heterocycles. The standard InChI is InChI=1S/C27H27ClN2O6S3/c28-21-8-6-19(7-9-21)22-10-11-24(38-22)39(34,35)29-27(25(32)33)17-26(27,20-4-2-1-3-5-20)18-37-16-23(31)30-12-14-36-15-13-30/h1-11,29H,12-18H2,(H,32,33)/t26-,27?/m1/s1. The summed E-state index contributed by atoms with van der Waals surface area (Å²) in [7, 11) is -4.17. The van der Waals surface area contributed by atoms with Gasteiger partial charge in [-0.05, 0) is 41.8 Å². The Kier molecular flexibility index (Phi) is 8.10. The molecule has 39 heavy (non-hydrogen) atoms. The molecule has 1 aliphatic heterocycles. The second-order valence-electron chi connectivity index (χ2n) is 9.55. The van der Waals surface area contributed by atoms with Crippen LogP contribution in [-0.2, 0) is 29.8 Å². The summed E-state index contributed by atoms with van der Waals surface area (Å²) in [4.78, 5) is 27.9. The van der Waals surface area contributed by atoms with Gasteiger partial charge in [-0.3, -0.25) is 9.59 Å². The molecule has 3 aromatic rings. The highest BCUT2D eigenvalue weighted by atomic mass is 35.5. The normalized spacial score (nSPS) is 22.9. The van der Waals surface area contributed by atoms with Gasteiger partial charge in [0.15, 0.2) is 0 Å². The van der Waals surface area contributed by atoms with Crippen molar-refractivity contribution < 1.29 is 27.9 Å². The third-order valence-electron chi connectivity index (χ3n) is 7.17. The molecule has 1 amide bonds. The highest BCUT2D eigenvalue weighted by Crippen LogP contribution is 2.60. The van der Waals surface area contributed by atoms with Gasteiger partial charge in [0, 0.05) is 34.2 Å². The third kappa shape index (κ3) is 5.61. The fraction of sp³-hybridized carbons (Fsp3) is 0.333. The minimum Gasteiger partial charge on any atom is -0.480 e. The lowest BCUT2D eigenvalue weighted by Crippen LogP contribution is -2.49. The number of hydrogen-bond donors (Lipinski definition) is 2. The summed E-state index contributed by atoms with van der Waals surface area (Å²) in [5, 5.41) is 11.0. The minimum absolute atomic E-state index is 0.0251. The van der Waals surface area contributed by atoms with E-state index in [9.17, 15) is 23.1 Å². The number of benzene rings is 2. The van der Waals surface area contributed by atoms with Crippen LogP contribution in [-0.4, -0.2) is 73.6 Å². The van der Waals surface area contributed by atoms with Crippen LogP contribution in [0.4, 0.5) is 0 Å². The Hall–Kier alpha value is -2.41. The number of carboxylic acid groups (broad SMARTS) is 1. The van der Waals surface area contributed by atoms with Crippen LogP contribution >= 0.6 is 34.7 Å². The summed E-state index contributed by atoms with van der Waals surface area (Å²) >= 11 is 8.36. The van der Waals surface area contributed by atoms with Crippen LogP contribution in [0.1, 0.15) is 12.0 Å². The summed E-state index contributed by atoms with van der Waals surface area (Å²) in [5.41, 5.74) is -1.23. The van der Waals surface area contributed by atoms with Crippen LogP contribution in [0, 0.1) is 0 Å². The average molecular weight is 607 g/mol. The molecule has 1 aliphatic carbocycles. The molecule has 8 nitrogen and oxygen atoms in total. The van der Waals surface area contributed by atoms with Crippen molar-refractivity contribution in [1.82, 2.24) is 9.62 Å². The van der Waals surface area contributed by atoms with E-state index in [1.165, 1.54) is 17.8 Å². The van der Waals surface area contributed by atoms with E-state index in [1.54, 1.807) is 47.4 Å². The number of carbonyl (C=O) groups is 2. The first-order chi connectivity index (χ1) is 18.7. The van der Waals surface area contributed by atoms with E-state index in [-0.39, 0.29) is 28.0 Å². The molecule has 0 bridgehead atoms. The van der Waals surface area contributed by atoms with Gasteiger partial charge >= 0.3 is 5.97 Å². The molecule has 2 fully saturated rings. The summed E-state index contributed by atoms with van der Waals surface area (Å²) in [6.45, 7) is 2.05. The smallest absolute Gasteiger partial charge is 0.325 e. The molecule has 1 saturated carbocycles. The molecule has 1 saturated heterocycles. The van der Waals surface area contributed by atoms with Crippen molar-refractivity contribution in [2.45, 2.75) is 21.6 Å². The largest absolute Gasteiger partial charge is 0.480 e. The number of nitrogens with zero attached hydrogens (tertiary/aromatic N) is 1. The highest BCUT2D eigenvalue weighted by Gasteiger charge is 2.74. The fourth-order valence-corrected chi connectivity index (χ4v) is 9.15. The van der Waals surface area contributed by atoms with E-state index in [0.29, 0.717) is 31.3 Å². The summed E-state index contributed by atoms with van der Waals surface area (Å²) < 4.78 is 35.0. The second kappa shape index (κ2) is 11.2. The summed E-state index contributed by atoms with van der Waals surface area (Å²) in [6, 6.07) is 19.3. The molecule has 5 rings (SSSR count). The first-order valence-corrected chi connectivity index (χ1v) is 16.1. The van der Waals surface area contributed by atoms with E-state index in [4.69, 9.17) is 16.3 Å². The number of hydrogen-bond acceptors (Lipinski definition) is 7. The van der Waals surface area contributed by atoms with Gasteiger partial charge in [0.25, 0.3) is 10.0 Å². The van der Waals surface area contributed by atoms with Gasteiger partial charge < -0.3 is 14.7 Å². The van der Waals surface area contributed by atoms with Gasteiger partial charge in [-0.2, -0.15) is 16.5 Å². The number of morpholine rings is 1. The Labute approximate surface area is 240 Å². The predicted octanol–water partition coefficient (Wildman–Crippen LogP) is 4.10. The Bertz CT molecular complexity index is 1460. The first-order valence-electron chi connectivity index (χ1n) is 12.3. The van der Waals surface area contributed by atoms with E-state index >= 15 is 0 Å². The molecule has 2 N–H and O–H groups in total. The van der Waals surface area contributed by atoms with E-state index in [2.05, 4.69) is 4.72 Å². The molecule has 0 radical (unpaired) electrons. The Morgan fingerprint density at radius 3 is 2.41 bits per heavy atom. The van der Waals surface area contributed by atoms with Gasteiger partial charge in [-0.15, -0.1) is 11.3 Å². The zero-order chi connectivity index (χ0) is 27.7. The SMILES string of the molecule is O=C(CSC[C@@]1(c2ccccc2)CC1(NS(=O)(=O)c1ccc(-c2ccc(Cl)cc2)s1)C(=O)O)N1CCOCC1. The maximum atomic E-state index is 13.5. The van der Waals surface area contributed by atoms with Crippen LogP contribution in [0.15, 0.2) is 70.9 Å². The van der Waals surface area contributed by atoms with E-state index < -0.39 is 26.9 Å². The molecule has 206 valence electrons. The topological polar surface area (TPSA) is 113 Å². The van der Waals surface area contributed by atoms with Crippen molar-refractivity contribution >= 4 is 56.6 Å². The van der Waals surface area contributed by atoms with Crippen molar-refractivity contribution in [2.75, 3.05) is 37.8 Å². The van der Waals surface area contributed by atoms with Gasteiger partial charge in [0.2, 0.25) is 5.91 Å². The van der Waals surface area contributed by atoms with Gasteiger partial charge in [0.1, 0.15) is 9.75 Å². The third-order valence-corrected chi connectivity index (χ3v) is 11.7. The Balaban J connectivity index is 1.38. The molecule has 2 aliphatic rings. The van der Waals surface area contributed by atoms with Crippen molar-refractivity contribution in [3.63, 3.8) is 0 Å². The number of sulfonamides is 1. The first kappa shape index (κ1) is 28.1. The predicted molar refractivity (Wildman–Crippen MR) is 153 cm³/mol. The van der Waals surface area contributed by atoms with Gasteiger partial charge in [-0.25, -0.2) is 8.42 Å². The molecule has 2 aromatic carbocycles. The number of halogens is 1. The molecule has 1 unspecified atom stereocenters. The van der Waals surface area contributed by atoms with Crippen molar-refractivity contribution in [2.24, 2.45) is 0 Å². The van der Waals surface area contributed by atoms with E-state index in [1.807, 2.05) is 18.2 Å². The number of carbonyl (C=O) groups excluding carboxylic acids is 1. The maximum Gasteiger partial charge on any atom is 0.325 e. The van der Waals surface area contributed by atoms with Crippen molar-refractivity contribution in [3.8, 4) is 10.4 Å². The van der Waals surface area contributed by atoms with Crippen molar-refractivity contribution in [1.29, 1.82) is 0 Å². The molecular formula is C27H27ClN2O6S3. The summed E-state index contributed by atoms with van der Waals surface area (Å²) in [6.07, 6.45) is 0.0761. The van der Waals surface area contributed by atoms with Crippen LogP contribution in [0.25, 0.3) is 10.4 Å². The molecule has 2 atom stereocenters. The number of thioether (sulfide) groups is 1. The molecule has 12 heteroatoms. The lowest BCUT2D eigenvalue weighted by atomic mass is 9.92. The molecule has 0 spiro atoms. The van der Waals surface area contributed by atoms with Crippen LogP contribution in [0.5, 0.6) is 0 Å². The van der Waals surface area contributed by atoms with Crippen molar-refractivity contribution in [3.05, 3.63) is 77.3 Å².